The molecule has 0 unspecified atom stereocenters. The molecule has 0 aliphatic heterocycles. The van der Waals surface area contributed by atoms with Crippen molar-refractivity contribution in [2.75, 3.05) is 0 Å². The predicted octanol–water partition coefficient (Wildman–Crippen LogP) is 3.00. The Hall–Kier alpha value is -2.29. The van der Waals surface area contributed by atoms with Crippen LogP contribution in [0.15, 0.2) is 24.5 Å². The summed E-state index contributed by atoms with van der Waals surface area (Å²) < 4.78 is 52.7. The second kappa shape index (κ2) is 4.62. The number of alkyl halides is 3. The van der Waals surface area contributed by atoms with Gasteiger partial charge in [-0.1, -0.05) is 0 Å². The fourth-order valence-electron chi connectivity index (χ4n) is 1.77. The fourth-order valence-corrected chi connectivity index (χ4v) is 1.91. The molecule has 0 aliphatic rings. The van der Waals surface area contributed by atoms with Crippen molar-refractivity contribution >= 4 is 17.2 Å². The van der Waals surface area contributed by atoms with Crippen molar-refractivity contribution in [3.05, 3.63) is 41.5 Å². The van der Waals surface area contributed by atoms with Crippen LogP contribution in [0.4, 0.5) is 17.6 Å². The second-order valence-corrected chi connectivity index (χ2v) is 4.34. The van der Waals surface area contributed by atoms with E-state index in [1.807, 2.05) is 0 Å². The zero-order valence-electron chi connectivity index (χ0n) is 9.94. The molecule has 3 heterocycles. The standard InChI is InChI=1S/C11H4ClF4N5/c12-10-17-3-6(13)8(18-10)5-1-2-7-19-20-9(11(14,15)16)21(7)4-5/h1-4H. The Morgan fingerprint density at radius 3 is 2.62 bits per heavy atom. The van der Waals surface area contributed by atoms with Crippen LogP contribution >= 0.6 is 11.6 Å². The Labute approximate surface area is 119 Å². The summed E-state index contributed by atoms with van der Waals surface area (Å²) in [6.07, 6.45) is -2.80. The molecule has 0 saturated heterocycles. The van der Waals surface area contributed by atoms with Gasteiger partial charge in [0.15, 0.2) is 11.5 Å². The van der Waals surface area contributed by atoms with Crippen LogP contribution in [0.25, 0.3) is 16.9 Å². The van der Waals surface area contributed by atoms with E-state index < -0.39 is 17.8 Å². The van der Waals surface area contributed by atoms with Gasteiger partial charge in [-0.3, -0.25) is 4.40 Å². The summed E-state index contributed by atoms with van der Waals surface area (Å²) in [7, 11) is 0. The first-order chi connectivity index (χ1) is 9.86. The first-order valence-corrected chi connectivity index (χ1v) is 5.84. The molecule has 0 bridgehead atoms. The third kappa shape index (κ3) is 2.40. The number of fused-ring (bicyclic) bond motifs is 1. The quantitative estimate of drug-likeness (QED) is 0.511. The summed E-state index contributed by atoms with van der Waals surface area (Å²) in [5.74, 6) is -2.01. The zero-order valence-corrected chi connectivity index (χ0v) is 10.7. The first kappa shape index (κ1) is 13.7. The van der Waals surface area contributed by atoms with Crippen molar-refractivity contribution in [1.82, 2.24) is 24.6 Å². The molecule has 0 radical (unpaired) electrons. The smallest absolute Gasteiger partial charge is 0.278 e. The molecule has 0 fully saturated rings. The highest BCUT2D eigenvalue weighted by atomic mass is 35.5. The average Bonchev–Trinajstić information content (AvgIpc) is 2.84. The highest BCUT2D eigenvalue weighted by molar-refractivity contribution is 6.28. The molecule has 0 spiro atoms. The summed E-state index contributed by atoms with van der Waals surface area (Å²) in [6.45, 7) is 0. The van der Waals surface area contributed by atoms with Crippen molar-refractivity contribution in [3.8, 4) is 11.3 Å². The highest BCUT2D eigenvalue weighted by Crippen LogP contribution is 2.29. The Morgan fingerprint density at radius 1 is 1.14 bits per heavy atom. The molecular formula is C11H4ClF4N5. The molecule has 0 aromatic carbocycles. The number of halogens is 5. The number of hydrogen-bond donors (Lipinski definition) is 0. The van der Waals surface area contributed by atoms with Gasteiger partial charge in [-0.15, -0.1) is 10.2 Å². The fraction of sp³-hybridized carbons (Fsp3) is 0.0909. The highest BCUT2D eigenvalue weighted by Gasteiger charge is 2.37. The van der Waals surface area contributed by atoms with Crippen LogP contribution in [-0.2, 0) is 6.18 Å². The van der Waals surface area contributed by atoms with E-state index in [0.29, 0.717) is 4.40 Å². The van der Waals surface area contributed by atoms with Crippen LogP contribution in [0, 0.1) is 5.82 Å². The topological polar surface area (TPSA) is 56.0 Å². The van der Waals surface area contributed by atoms with E-state index in [9.17, 15) is 17.6 Å². The SMILES string of the molecule is Fc1cnc(Cl)nc1-c1ccc2nnc(C(F)(F)F)n2c1. The molecule has 3 aromatic heterocycles. The molecular weight excluding hydrogens is 314 g/mol. The lowest BCUT2D eigenvalue weighted by Crippen LogP contribution is -2.10. The Morgan fingerprint density at radius 2 is 1.90 bits per heavy atom. The van der Waals surface area contributed by atoms with Gasteiger partial charge in [-0.2, -0.15) is 13.2 Å². The number of pyridine rings is 1. The van der Waals surface area contributed by atoms with E-state index in [-0.39, 0.29) is 22.2 Å². The molecule has 0 aliphatic carbocycles. The van der Waals surface area contributed by atoms with Crippen LogP contribution in [0.3, 0.4) is 0 Å². The van der Waals surface area contributed by atoms with Crippen molar-refractivity contribution < 1.29 is 17.6 Å². The maximum atomic E-state index is 13.7. The van der Waals surface area contributed by atoms with Crippen molar-refractivity contribution in [2.45, 2.75) is 6.18 Å². The summed E-state index contributed by atoms with van der Waals surface area (Å²) in [4.78, 5) is 7.11. The van der Waals surface area contributed by atoms with E-state index in [1.54, 1.807) is 0 Å². The van der Waals surface area contributed by atoms with Gasteiger partial charge >= 0.3 is 6.18 Å². The maximum absolute atomic E-state index is 13.7. The van der Waals surface area contributed by atoms with Gasteiger partial charge in [0.2, 0.25) is 11.1 Å². The molecule has 0 N–H and O–H groups in total. The lowest BCUT2D eigenvalue weighted by Gasteiger charge is -2.06. The van der Waals surface area contributed by atoms with Gasteiger partial charge in [-0.25, -0.2) is 14.4 Å². The van der Waals surface area contributed by atoms with Gasteiger partial charge in [-0.05, 0) is 23.7 Å². The van der Waals surface area contributed by atoms with E-state index in [0.717, 1.165) is 12.4 Å². The van der Waals surface area contributed by atoms with Gasteiger partial charge in [0.25, 0.3) is 0 Å². The third-order valence-corrected chi connectivity index (χ3v) is 2.83. The minimum atomic E-state index is -4.68. The summed E-state index contributed by atoms with van der Waals surface area (Å²) in [6, 6.07) is 2.64. The molecule has 0 atom stereocenters. The van der Waals surface area contributed by atoms with Crippen molar-refractivity contribution in [2.24, 2.45) is 0 Å². The number of hydrogen-bond acceptors (Lipinski definition) is 4. The number of nitrogens with zero attached hydrogens (tertiary/aromatic N) is 5. The van der Waals surface area contributed by atoms with Crippen LogP contribution in [-0.4, -0.2) is 24.6 Å². The second-order valence-electron chi connectivity index (χ2n) is 4.00. The summed E-state index contributed by atoms with van der Waals surface area (Å²) in [5, 5.41) is 6.26. The van der Waals surface area contributed by atoms with Crippen LogP contribution in [0.1, 0.15) is 5.82 Å². The van der Waals surface area contributed by atoms with E-state index in [4.69, 9.17) is 11.6 Å². The van der Waals surface area contributed by atoms with Gasteiger partial charge < -0.3 is 0 Å². The Balaban J connectivity index is 2.23. The molecule has 21 heavy (non-hydrogen) atoms. The normalized spacial score (nSPS) is 12.0. The summed E-state index contributed by atoms with van der Waals surface area (Å²) >= 11 is 5.57. The monoisotopic (exact) mass is 317 g/mol. The Kier molecular flexibility index (Phi) is 3.01. The molecule has 108 valence electrons. The van der Waals surface area contributed by atoms with E-state index in [2.05, 4.69) is 20.2 Å². The zero-order chi connectivity index (χ0) is 15.2. The predicted molar refractivity (Wildman–Crippen MR) is 64.0 cm³/mol. The van der Waals surface area contributed by atoms with Crippen molar-refractivity contribution in [3.63, 3.8) is 0 Å². The third-order valence-electron chi connectivity index (χ3n) is 2.64. The average molecular weight is 318 g/mol. The van der Waals surface area contributed by atoms with Crippen LogP contribution < -0.4 is 0 Å². The van der Waals surface area contributed by atoms with Gasteiger partial charge in [0.1, 0.15) is 5.69 Å². The minimum Gasteiger partial charge on any atom is -0.278 e. The summed E-state index contributed by atoms with van der Waals surface area (Å²) in [5.41, 5.74) is -0.139. The minimum absolute atomic E-state index is 0.0216. The number of aromatic nitrogens is 5. The molecule has 3 aromatic rings. The first-order valence-electron chi connectivity index (χ1n) is 5.46. The van der Waals surface area contributed by atoms with Gasteiger partial charge in [0.05, 0.1) is 6.20 Å². The Bertz CT molecular complexity index is 829. The lowest BCUT2D eigenvalue weighted by molar-refractivity contribution is -0.145. The molecule has 5 nitrogen and oxygen atoms in total. The molecule has 10 heteroatoms. The van der Waals surface area contributed by atoms with Crippen LogP contribution in [0.5, 0.6) is 0 Å². The van der Waals surface area contributed by atoms with E-state index >= 15 is 0 Å². The lowest BCUT2D eigenvalue weighted by atomic mass is 10.2. The number of rotatable bonds is 1. The molecule has 0 amide bonds. The largest absolute Gasteiger partial charge is 0.452 e. The molecule has 0 saturated carbocycles. The van der Waals surface area contributed by atoms with Gasteiger partial charge in [0, 0.05) is 11.8 Å². The van der Waals surface area contributed by atoms with Crippen molar-refractivity contribution in [1.29, 1.82) is 0 Å². The van der Waals surface area contributed by atoms with Crippen LogP contribution in [0.2, 0.25) is 5.28 Å². The molecule has 3 rings (SSSR count). The maximum Gasteiger partial charge on any atom is 0.452 e. The van der Waals surface area contributed by atoms with E-state index in [1.165, 1.54) is 12.1 Å².